The second-order valence-corrected chi connectivity index (χ2v) is 8.21. The number of aliphatic hydroxyl groups is 3. The van der Waals surface area contributed by atoms with Gasteiger partial charge in [-0.2, -0.15) is 5.26 Å². The molecule has 3 rings (SSSR count). The number of hydrogen-bond donors (Lipinski definition) is 3. The van der Waals surface area contributed by atoms with E-state index in [4.69, 9.17) is 4.74 Å². The fraction of sp³-hybridized carbons (Fsp3) is 0.458. The minimum absolute atomic E-state index is 0. The molecule has 1 heterocycles. The van der Waals surface area contributed by atoms with Gasteiger partial charge < -0.3 is 25.5 Å². The van der Waals surface area contributed by atoms with Gasteiger partial charge in [0.15, 0.2) is 0 Å². The van der Waals surface area contributed by atoms with Crippen molar-refractivity contribution in [3.8, 4) is 6.07 Å². The fourth-order valence-corrected chi connectivity index (χ4v) is 3.94. The summed E-state index contributed by atoms with van der Waals surface area (Å²) >= 11 is 0. The standard InChI is InChI=1S/C24H29NO4.H2O/c1-14(2)17-6-4-16(5-7-17)9-18-10-19(8-15(3)21(18)12-25)24-23(28)22(27)11-20(13-26)29-24;/h4-8,10,14,20,22-24,26-28H,9,11,13H2,1-3H3;1H2/t20-,22-,23+,24-;/m0./s1. The van der Waals surface area contributed by atoms with Gasteiger partial charge in [0.25, 0.3) is 0 Å². The number of benzene rings is 2. The number of ether oxygens (including phenoxy) is 1. The van der Waals surface area contributed by atoms with E-state index in [-0.39, 0.29) is 18.5 Å². The van der Waals surface area contributed by atoms with Gasteiger partial charge >= 0.3 is 0 Å². The van der Waals surface area contributed by atoms with E-state index >= 15 is 0 Å². The highest BCUT2D eigenvalue weighted by atomic mass is 16.5. The summed E-state index contributed by atoms with van der Waals surface area (Å²) < 4.78 is 5.84. The minimum Gasteiger partial charge on any atom is -0.412 e. The molecule has 162 valence electrons. The summed E-state index contributed by atoms with van der Waals surface area (Å²) in [7, 11) is 0. The number of rotatable bonds is 5. The normalized spacial score (nSPS) is 23.7. The Bertz CT molecular complexity index is 888. The molecule has 0 amide bonds. The van der Waals surface area contributed by atoms with Crippen LogP contribution in [0.25, 0.3) is 0 Å². The van der Waals surface area contributed by atoms with Crippen molar-refractivity contribution < 1.29 is 25.5 Å². The number of aryl methyl sites for hydroxylation is 1. The van der Waals surface area contributed by atoms with Crippen LogP contribution in [0, 0.1) is 18.3 Å². The van der Waals surface area contributed by atoms with Crippen LogP contribution < -0.4 is 0 Å². The van der Waals surface area contributed by atoms with E-state index in [1.54, 1.807) is 0 Å². The molecule has 1 fully saturated rings. The van der Waals surface area contributed by atoms with Gasteiger partial charge in [-0.1, -0.05) is 50.2 Å². The molecule has 2 aromatic rings. The maximum atomic E-state index is 10.5. The first-order valence-corrected chi connectivity index (χ1v) is 10.1. The number of nitriles is 1. The largest absolute Gasteiger partial charge is 0.412 e. The van der Waals surface area contributed by atoms with Gasteiger partial charge in [-0.3, -0.25) is 0 Å². The first-order valence-electron chi connectivity index (χ1n) is 10.1. The van der Waals surface area contributed by atoms with Crippen molar-refractivity contribution in [2.45, 2.75) is 63.9 Å². The lowest BCUT2D eigenvalue weighted by Gasteiger charge is -2.37. The summed E-state index contributed by atoms with van der Waals surface area (Å²) in [5.41, 5.74) is 5.35. The molecule has 6 nitrogen and oxygen atoms in total. The zero-order valence-corrected chi connectivity index (χ0v) is 17.7. The third kappa shape index (κ3) is 5.07. The van der Waals surface area contributed by atoms with Crippen LogP contribution in [0.3, 0.4) is 0 Å². The molecular weight excluding hydrogens is 382 g/mol. The molecule has 30 heavy (non-hydrogen) atoms. The van der Waals surface area contributed by atoms with E-state index in [1.165, 1.54) is 5.56 Å². The highest BCUT2D eigenvalue weighted by Gasteiger charge is 2.37. The quantitative estimate of drug-likeness (QED) is 0.693. The fourth-order valence-electron chi connectivity index (χ4n) is 3.94. The second kappa shape index (κ2) is 10.2. The van der Waals surface area contributed by atoms with Gasteiger partial charge in [0, 0.05) is 6.42 Å². The Labute approximate surface area is 177 Å². The van der Waals surface area contributed by atoms with Crippen molar-refractivity contribution in [1.82, 2.24) is 0 Å². The average molecular weight is 414 g/mol. The molecular formula is C24H31NO5. The molecule has 1 aliphatic heterocycles. The Morgan fingerprint density at radius 2 is 1.83 bits per heavy atom. The highest BCUT2D eigenvalue weighted by Crippen LogP contribution is 2.34. The van der Waals surface area contributed by atoms with E-state index in [1.807, 2.05) is 19.1 Å². The molecule has 0 unspecified atom stereocenters. The van der Waals surface area contributed by atoms with E-state index in [0.29, 0.717) is 23.5 Å². The first kappa shape index (κ1) is 24.0. The first-order chi connectivity index (χ1) is 13.8. The molecule has 0 bridgehead atoms. The number of nitrogens with zero attached hydrogens (tertiary/aromatic N) is 1. The molecule has 2 aromatic carbocycles. The van der Waals surface area contributed by atoms with Gasteiger partial charge in [0.2, 0.25) is 0 Å². The number of hydrogen-bond acceptors (Lipinski definition) is 5. The van der Waals surface area contributed by atoms with Crippen LogP contribution in [-0.4, -0.2) is 45.7 Å². The van der Waals surface area contributed by atoms with Gasteiger partial charge in [-0.05, 0) is 47.1 Å². The zero-order chi connectivity index (χ0) is 21.1. The highest BCUT2D eigenvalue weighted by molar-refractivity contribution is 5.49. The van der Waals surface area contributed by atoms with Crippen LogP contribution in [0.2, 0.25) is 0 Å². The van der Waals surface area contributed by atoms with Gasteiger partial charge in [-0.25, -0.2) is 0 Å². The van der Waals surface area contributed by atoms with E-state index < -0.39 is 24.4 Å². The summed E-state index contributed by atoms with van der Waals surface area (Å²) in [6.07, 6.45) is -2.54. The third-order valence-electron chi connectivity index (χ3n) is 5.67. The smallest absolute Gasteiger partial charge is 0.111 e. The molecule has 1 aliphatic rings. The van der Waals surface area contributed by atoms with Crippen LogP contribution in [0.15, 0.2) is 36.4 Å². The van der Waals surface area contributed by atoms with Crippen molar-refractivity contribution in [3.05, 3.63) is 69.8 Å². The van der Waals surface area contributed by atoms with E-state index in [2.05, 4.69) is 44.2 Å². The van der Waals surface area contributed by atoms with Gasteiger partial charge in [0.05, 0.1) is 30.4 Å². The molecule has 0 aromatic heterocycles. The molecule has 0 aliphatic carbocycles. The van der Waals surface area contributed by atoms with Crippen LogP contribution in [-0.2, 0) is 11.2 Å². The predicted molar refractivity (Wildman–Crippen MR) is 114 cm³/mol. The Kier molecular flexibility index (Phi) is 8.13. The van der Waals surface area contributed by atoms with Crippen molar-refractivity contribution in [2.24, 2.45) is 0 Å². The lowest BCUT2D eigenvalue weighted by atomic mass is 9.88. The summed E-state index contributed by atoms with van der Waals surface area (Å²) in [5, 5.41) is 39.7. The lowest BCUT2D eigenvalue weighted by molar-refractivity contribution is -0.179. The van der Waals surface area contributed by atoms with Crippen LogP contribution in [0.1, 0.15) is 65.7 Å². The van der Waals surface area contributed by atoms with Gasteiger partial charge in [-0.15, -0.1) is 0 Å². The van der Waals surface area contributed by atoms with E-state index in [0.717, 1.165) is 16.7 Å². The lowest BCUT2D eigenvalue weighted by Crippen LogP contribution is -2.44. The van der Waals surface area contributed by atoms with Crippen LogP contribution in [0.4, 0.5) is 0 Å². The maximum absolute atomic E-state index is 10.5. The average Bonchev–Trinajstić information content (AvgIpc) is 2.70. The van der Waals surface area contributed by atoms with Crippen molar-refractivity contribution >= 4 is 0 Å². The predicted octanol–water partition coefficient (Wildman–Crippen LogP) is 2.30. The molecule has 6 heteroatoms. The Balaban J connectivity index is 0.00000320. The Morgan fingerprint density at radius 1 is 1.17 bits per heavy atom. The summed E-state index contributed by atoms with van der Waals surface area (Å²) in [6, 6.07) is 14.4. The minimum atomic E-state index is -1.08. The monoisotopic (exact) mass is 413 g/mol. The molecule has 0 spiro atoms. The summed E-state index contributed by atoms with van der Waals surface area (Å²) in [4.78, 5) is 0. The SMILES string of the molecule is Cc1cc([C@@H]2O[C@H](CO)C[C@H](O)[C@H]2O)cc(Cc2ccc(C(C)C)cc2)c1C#N.O. The van der Waals surface area contributed by atoms with E-state index in [9.17, 15) is 20.6 Å². The Morgan fingerprint density at radius 3 is 2.40 bits per heavy atom. The molecule has 0 saturated carbocycles. The molecule has 5 N–H and O–H groups in total. The summed E-state index contributed by atoms with van der Waals surface area (Å²) in [6.45, 7) is 5.95. The van der Waals surface area contributed by atoms with Gasteiger partial charge in [0.1, 0.15) is 12.2 Å². The second-order valence-electron chi connectivity index (χ2n) is 8.21. The molecule has 4 atom stereocenters. The maximum Gasteiger partial charge on any atom is 0.111 e. The van der Waals surface area contributed by atoms with Crippen molar-refractivity contribution in [1.29, 1.82) is 5.26 Å². The summed E-state index contributed by atoms with van der Waals surface area (Å²) in [5.74, 6) is 0.458. The third-order valence-corrected chi connectivity index (χ3v) is 5.67. The van der Waals surface area contributed by atoms with Crippen LogP contribution >= 0.6 is 0 Å². The molecule has 0 radical (unpaired) electrons. The molecule has 1 saturated heterocycles. The topological polar surface area (TPSA) is 125 Å². The number of aliphatic hydroxyl groups excluding tert-OH is 3. The van der Waals surface area contributed by atoms with Crippen molar-refractivity contribution in [3.63, 3.8) is 0 Å². The van der Waals surface area contributed by atoms with Crippen molar-refractivity contribution in [2.75, 3.05) is 6.61 Å². The Hall–Kier alpha value is -2.27. The van der Waals surface area contributed by atoms with Crippen LogP contribution in [0.5, 0.6) is 0 Å². The zero-order valence-electron chi connectivity index (χ0n) is 17.7.